The number of benzene rings is 1. The first-order chi connectivity index (χ1) is 16.4. The molecular formula is C23H27N5O5S2. The van der Waals surface area contributed by atoms with E-state index in [0.29, 0.717) is 27.0 Å². The van der Waals surface area contributed by atoms with Gasteiger partial charge in [-0.15, -0.1) is 11.3 Å². The maximum atomic E-state index is 13.4. The van der Waals surface area contributed by atoms with Crippen molar-refractivity contribution < 1.29 is 18.0 Å². The van der Waals surface area contributed by atoms with Crippen molar-refractivity contribution >= 4 is 54.8 Å². The van der Waals surface area contributed by atoms with Crippen molar-refractivity contribution in [3.05, 3.63) is 57.3 Å². The molecule has 3 aromatic rings. The number of sulfonamides is 1. The first-order valence-electron chi connectivity index (χ1n) is 11.0. The normalized spacial score (nSPS) is 16.0. The van der Waals surface area contributed by atoms with E-state index in [-0.39, 0.29) is 42.3 Å². The standard InChI is InChI=1S/C23H27N5O5S2/c1-23(2,3)18-12-16(21(30)28-9-8-25-35(32,33)11-10-28)20(34-18)27-22(31)26-17-13-24-19(29)15-7-5-4-6-14(15)17/h4-7,12-13,25H,8-11H2,1-3H3,(H,24,29)(H2,26,27,31). The van der Waals surface area contributed by atoms with Crippen LogP contribution in [0.3, 0.4) is 0 Å². The van der Waals surface area contributed by atoms with E-state index in [0.717, 1.165) is 4.88 Å². The van der Waals surface area contributed by atoms with Crippen LogP contribution in [0, 0.1) is 0 Å². The van der Waals surface area contributed by atoms with E-state index in [2.05, 4.69) is 20.3 Å². The number of rotatable bonds is 3. The lowest BCUT2D eigenvalue weighted by Crippen LogP contribution is -2.35. The van der Waals surface area contributed by atoms with E-state index in [1.54, 1.807) is 30.3 Å². The van der Waals surface area contributed by atoms with Crippen LogP contribution in [0.4, 0.5) is 15.5 Å². The first-order valence-corrected chi connectivity index (χ1v) is 13.5. The number of nitrogens with one attached hydrogen (secondary N) is 4. The van der Waals surface area contributed by atoms with Gasteiger partial charge in [0.05, 0.1) is 17.0 Å². The Bertz CT molecular complexity index is 1450. The molecule has 3 heterocycles. The molecule has 0 aliphatic carbocycles. The second-order valence-electron chi connectivity index (χ2n) is 9.27. The van der Waals surface area contributed by atoms with Gasteiger partial charge in [-0.1, -0.05) is 39.0 Å². The molecule has 0 saturated carbocycles. The number of fused-ring (bicyclic) bond motifs is 1. The summed E-state index contributed by atoms with van der Waals surface area (Å²) in [6, 6.07) is 8.09. The van der Waals surface area contributed by atoms with Crippen LogP contribution in [-0.2, 0) is 15.4 Å². The van der Waals surface area contributed by atoms with Crippen LogP contribution in [0.1, 0.15) is 36.0 Å². The topological polar surface area (TPSA) is 140 Å². The summed E-state index contributed by atoms with van der Waals surface area (Å²) in [6.07, 6.45) is 1.43. The number of carbonyl (C=O) groups is 2. The molecule has 1 saturated heterocycles. The third kappa shape index (κ3) is 5.55. The molecule has 12 heteroatoms. The van der Waals surface area contributed by atoms with Crippen LogP contribution >= 0.6 is 11.3 Å². The molecule has 3 amide bonds. The average molecular weight is 518 g/mol. The summed E-state index contributed by atoms with van der Waals surface area (Å²) < 4.78 is 26.2. The van der Waals surface area contributed by atoms with Crippen LogP contribution in [-0.4, -0.2) is 55.6 Å². The van der Waals surface area contributed by atoms with Crippen molar-refractivity contribution in [3.8, 4) is 0 Å². The van der Waals surface area contributed by atoms with Gasteiger partial charge in [0.1, 0.15) is 5.00 Å². The van der Waals surface area contributed by atoms with Gasteiger partial charge in [0.15, 0.2) is 0 Å². The molecule has 35 heavy (non-hydrogen) atoms. The summed E-state index contributed by atoms with van der Waals surface area (Å²) in [6.45, 7) is 6.44. The van der Waals surface area contributed by atoms with Crippen LogP contribution in [0.2, 0.25) is 0 Å². The molecule has 0 radical (unpaired) electrons. The molecule has 1 fully saturated rings. The number of anilines is 2. The number of amides is 3. The van der Waals surface area contributed by atoms with Gasteiger partial charge in [0.2, 0.25) is 10.0 Å². The molecule has 186 valence electrons. The Hall–Kier alpha value is -3.22. The molecule has 4 rings (SSSR count). The van der Waals surface area contributed by atoms with Gasteiger partial charge in [-0.05, 0) is 17.5 Å². The number of carbonyl (C=O) groups excluding carboxylic acids is 2. The summed E-state index contributed by atoms with van der Waals surface area (Å²) in [5.41, 5.74) is 0.193. The number of nitrogens with zero attached hydrogens (tertiary/aromatic N) is 1. The Balaban J connectivity index is 1.61. The second kappa shape index (κ2) is 9.44. The number of pyridine rings is 1. The predicted octanol–water partition coefficient (Wildman–Crippen LogP) is 2.91. The molecule has 0 spiro atoms. The highest BCUT2D eigenvalue weighted by Gasteiger charge is 2.29. The molecule has 2 aromatic heterocycles. The molecule has 1 aliphatic heterocycles. The van der Waals surface area contributed by atoms with Crippen LogP contribution in [0.5, 0.6) is 0 Å². The maximum Gasteiger partial charge on any atom is 0.324 e. The Morgan fingerprint density at radius 3 is 2.51 bits per heavy atom. The van der Waals surface area contributed by atoms with Crippen molar-refractivity contribution in [1.29, 1.82) is 0 Å². The largest absolute Gasteiger partial charge is 0.336 e. The smallest absolute Gasteiger partial charge is 0.324 e. The van der Waals surface area contributed by atoms with Crippen LogP contribution < -0.4 is 20.9 Å². The highest BCUT2D eigenvalue weighted by molar-refractivity contribution is 7.89. The highest BCUT2D eigenvalue weighted by Crippen LogP contribution is 2.37. The number of thiophene rings is 1. The van der Waals surface area contributed by atoms with E-state index in [1.165, 1.54) is 22.4 Å². The van der Waals surface area contributed by atoms with Crippen molar-refractivity contribution in [1.82, 2.24) is 14.6 Å². The minimum absolute atomic E-state index is 0.0594. The summed E-state index contributed by atoms with van der Waals surface area (Å²) in [5, 5.41) is 6.92. The lowest BCUT2D eigenvalue weighted by atomic mass is 9.94. The van der Waals surface area contributed by atoms with Gasteiger partial charge in [0.25, 0.3) is 11.5 Å². The number of H-pyrrole nitrogens is 1. The lowest BCUT2D eigenvalue weighted by molar-refractivity contribution is 0.0773. The third-order valence-electron chi connectivity index (χ3n) is 5.61. The van der Waals surface area contributed by atoms with E-state index >= 15 is 0 Å². The predicted molar refractivity (Wildman–Crippen MR) is 138 cm³/mol. The van der Waals surface area contributed by atoms with E-state index in [1.807, 2.05) is 20.8 Å². The van der Waals surface area contributed by atoms with Crippen LogP contribution in [0.25, 0.3) is 10.8 Å². The highest BCUT2D eigenvalue weighted by atomic mass is 32.2. The number of aromatic amines is 1. The Morgan fingerprint density at radius 2 is 1.80 bits per heavy atom. The molecule has 0 atom stereocenters. The molecule has 4 N–H and O–H groups in total. The molecular weight excluding hydrogens is 490 g/mol. The quantitative estimate of drug-likeness (QED) is 0.423. The number of hydrogen-bond donors (Lipinski definition) is 4. The summed E-state index contributed by atoms with van der Waals surface area (Å²) >= 11 is 1.30. The Kier molecular flexibility index (Phi) is 6.71. The van der Waals surface area contributed by atoms with Crippen molar-refractivity contribution in [2.75, 3.05) is 36.0 Å². The fourth-order valence-corrected chi connectivity index (χ4v) is 5.82. The monoisotopic (exact) mass is 517 g/mol. The minimum atomic E-state index is -3.42. The third-order valence-corrected chi connectivity index (χ3v) is 8.45. The second-order valence-corrected chi connectivity index (χ2v) is 12.2. The van der Waals surface area contributed by atoms with Gasteiger partial charge in [-0.25, -0.2) is 17.9 Å². The Morgan fingerprint density at radius 1 is 1.09 bits per heavy atom. The van der Waals surface area contributed by atoms with E-state index < -0.39 is 16.1 Å². The molecule has 0 bridgehead atoms. The van der Waals surface area contributed by atoms with Gasteiger partial charge < -0.3 is 15.2 Å². The van der Waals surface area contributed by atoms with Crippen LogP contribution in [0.15, 0.2) is 41.3 Å². The average Bonchev–Trinajstić information content (AvgIpc) is 3.13. The molecule has 0 unspecified atom stereocenters. The fourth-order valence-electron chi connectivity index (χ4n) is 3.71. The number of urea groups is 1. The first kappa shape index (κ1) is 24.9. The van der Waals surface area contributed by atoms with E-state index in [9.17, 15) is 22.8 Å². The maximum absolute atomic E-state index is 13.4. The lowest BCUT2D eigenvalue weighted by Gasteiger charge is -2.19. The summed E-state index contributed by atoms with van der Waals surface area (Å²) in [5.74, 6) is -0.530. The zero-order valence-electron chi connectivity index (χ0n) is 19.6. The van der Waals surface area contributed by atoms with E-state index in [4.69, 9.17) is 0 Å². The molecule has 1 aromatic carbocycles. The molecule has 10 nitrogen and oxygen atoms in total. The SMILES string of the molecule is CC(C)(C)c1cc(C(=O)N2CCNS(=O)(=O)CC2)c(NC(=O)Nc2c[nH]c(=O)c3ccccc23)s1. The zero-order chi connectivity index (χ0) is 25.4. The van der Waals surface area contributed by atoms with Crippen molar-refractivity contribution in [2.24, 2.45) is 0 Å². The number of aromatic nitrogens is 1. The van der Waals surface area contributed by atoms with Gasteiger partial charge in [-0.2, -0.15) is 0 Å². The Labute approximate surface area is 206 Å². The van der Waals surface area contributed by atoms with Crippen molar-refractivity contribution in [3.63, 3.8) is 0 Å². The van der Waals surface area contributed by atoms with Gasteiger partial charge >= 0.3 is 6.03 Å². The zero-order valence-corrected chi connectivity index (χ0v) is 21.2. The fraction of sp³-hybridized carbons (Fsp3) is 0.348. The molecule has 1 aliphatic rings. The summed E-state index contributed by atoms with van der Waals surface area (Å²) in [7, 11) is -3.42. The van der Waals surface area contributed by atoms with Gasteiger partial charge in [-0.3, -0.25) is 14.9 Å². The number of hydrogen-bond acceptors (Lipinski definition) is 6. The van der Waals surface area contributed by atoms with Gasteiger partial charge in [0, 0.05) is 41.5 Å². The summed E-state index contributed by atoms with van der Waals surface area (Å²) in [4.78, 5) is 43.4. The minimum Gasteiger partial charge on any atom is -0.336 e. The van der Waals surface area contributed by atoms with Crippen molar-refractivity contribution in [2.45, 2.75) is 26.2 Å².